The molecule has 0 spiro atoms. The molecule has 0 radical (unpaired) electrons. The molecule has 5 heteroatoms. The summed E-state index contributed by atoms with van der Waals surface area (Å²) in [7, 11) is 1.65. The van der Waals surface area contributed by atoms with Crippen LogP contribution < -0.4 is 14.8 Å². The van der Waals surface area contributed by atoms with Gasteiger partial charge >= 0.3 is 0 Å². The van der Waals surface area contributed by atoms with Gasteiger partial charge in [0.1, 0.15) is 11.6 Å². The number of hydrogen-bond acceptors (Lipinski definition) is 5. The van der Waals surface area contributed by atoms with Crippen molar-refractivity contribution in [3.05, 3.63) is 40.3 Å². The smallest absolute Gasteiger partial charge is 0.162 e. The molecule has 0 saturated heterocycles. The van der Waals surface area contributed by atoms with Crippen molar-refractivity contribution in [2.45, 2.75) is 39.5 Å². The number of hydrogen-bond donors (Lipinski definition) is 1. The lowest BCUT2D eigenvalue weighted by Gasteiger charge is -2.21. The van der Waals surface area contributed by atoms with E-state index in [0.29, 0.717) is 6.61 Å². The Morgan fingerprint density at radius 2 is 2.05 bits per heavy atom. The monoisotopic (exact) mass is 306 g/mol. The minimum absolute atomic E-state index is 0.0852. The second kappa shape index (κ2) is 6.91. The van der Waals surface area contributed by atoms with Crippen LogP contribution in [0.5, 0.6) is 11.5 Å². The molecule has 0 aliphatic heterocycles. The normalized spacial score (nSPS) is 11.4. The summed E-state index contributed by atoms with van der Waals surface area (Å²) < 4.78 is 11.2. The second-order valence-electron chi connectivity index (χ2n) is 5.80. The van der Waals surface area contributed by atoms with E-state index in [1.807, 2.05) is 23.6 Å². The van der Waals surface area contributed by atoms with E-state index in [1.54, 1.807) is 24.6 Å². The number of ether oxygens (including phenoxy) is 2. The lowest BCUT2D eigenvalue weighted by Crippen LogP contribution is -2.35. The Morgan fingerprint density at radius 1 is 1.24 bits per heavy atom. The van der Waals surface area contributed by atoms with Gasteiger partial charge in [-0.1, -0.05) is 6.07 Å². The van der Waals surface area contributed by atoms with Crippen molar-refractivity contribution in [1.82, 2.24) is 10.3 Å². The minimum Gasteiger partial charge on any atom is -0.493 e. The highest BCUT2D eigenvalue weighted by Crippen LogP contribution is 2.29. The van der Waals surface area contributed by atoms with Crippen LogP contribution in [-0.2, 0) is 13.2 Å². The molecule has 0 amide bonds. The molecule has 114 valence electrons. The van der Waals surface area contributed by atoms with Gasteiger partial charge in [0.2, 0.25) is 0 Å². The average molecular weight is 306 g/mol. The fourth-order valence-electron chi connectivity index (χ4n) is 1.77. The van der Waals surface area contributed by atoms with Crippen LogP contribution in [0.25, 0.3) is 0 Å². The number of rotatable bonds is 6. The van der Waals surface area contributed by atoms with Crippen LogP contribution in [0.15, 0.2) is 29.8 Å². The van der Waals surface area contributed by atoms with Gasteiger partial charge in [-0.05, 0) is 38.5 Å². The first-order valence-corrected chi connectivity index (χ1v) is 7.79. The zero-order valence-corrected chi connectivity index (χ0v) is 13.8. The Bertz CT molecular complexity index is 562. The van der Waals surface area contributed by atoms with Crippen molar-refractivity contribution in [3.8, 4) is 11.5 Å². The SMILES string of the molecule is COc1ccc(CNC(C)(C)C)cc1OCc1nccs1. The van der Waals surface area contributed by atoms with Crippen LogP contribution in [0, 0.1) is 0 Å². The summed E-state index contributed by atoms with van der Waals surface area (Å²) >= 11 is 1.58. The highest BCUT2D eigenvalue weighted by Gasteiger charge is 2.11. The maximum absolute atomic E-state index is 5.84. The van der Waals surface area contributed by atoms with Crippen molar-refractivity contribution in [3.63, 3.8) is 0 Å². The van der Waals surface area contributed by atoms with Crippen molar-refractivity contribution in [2.24, 2.45) is 0 Å². The molecule has 0 fully saturated rings. The molecule has 0 aliphatic carbocycles. The van der Waals surface area contributed by atoms with E-state index in [4.69, 9.17) is 9.47 Å². The second-order valence-corrected chi connectivity index (χ2v) is 6.78. The number of nitrogens with zero attached hydrogens (tertiary/aromatic N) is 1. The molecular weight excluding hydrogens is 284 g/mol. The predicted molar refractivity (Wildman–Crippen MR) is 86.0 cm³/mol. The number of benzene rings is 1. The topological polar surface area (TPSA) is 43.4 Å². The molecule has 4 nitrogen and oxygen atoms in total. The largest absolute Gasteiger partial charge is 0.493 e. The molecule has 1 aromatic carbocycles. The quantitative estimate of drug-likeness (QED) is 0.885. The molecular formula is C16H22N2O2S. The van der Waals surface area contributed by atoms with E-state index in [9.17, 15) is 0 Å². The Balaban J connectivity index is 2.06. The molecule has 21 heavy (non-hydrogen) atoms. The van der Waals surface area contributed by atoms with E-state index in [-0.39, 0.29) is 5.54 Å². The summed E-state index contributed by atoms with van der Waals surface area (Å²) in [5.74, 6) is 1.49. The van der Waals surface area contributed by atoms with Crippen molar-refractivity contribution < 1.29 is 9.47 Å². The molecule has 2 aromatic rings. The highest BCUT2D eigenvalue weighted by molar-refractivity contribution is 7.09. The zero-order chi connectivity index (χ0) is 15.3. The third kappa shape index (κ3) is 5.02. The number of aromatic nitrogens is 1. The first-order chi connectivity index (χ1) is 9.98. The molecule has 1 heterocycles. The molecule has 2 rings (SSSR count). The van der Waals surface area contributed by atoms with Gasteiger partial charge in [-0.15, -0.1) is 11.3 Å². The molecule has 0 aliphatic rings. The third-order valence-corrected chi connectivity index (χ3v) is 3.64. The van der Waals surface area contributed by atoms with Crippen LogP contribution in [0.2, 0.25) is 0 Å². The van der Waals surface area contributed by atoms with Gasteiger partial charge in [-0.3, -0.25) is 0 Å². The van der Waals surface area contributed by atoms with E-state index < -0.39 is 0 Å². The molecule has 1 aromatic heterocycles. The van der Waals surface area contributed by atoms with E-state index in [1.165, 1.54) is 5.56 Å². The van der Waals surface area contributed by atoms with Crippen LogP contribution in [-0.4, -0.2) is 17.6 Å². The van der Waals surface area contributed by atoms with Crippen LogP contribution >= 0.6 is 11.3 Å². The van der Waals surface area contributed by atoms with Gasteiger partial charge in [0, 0.05) is 23.7 Å². The van der Waals surface area contributed by atoms with Gasteiger partial charge in [-0.25, -0.2) is 4.98 Å². The maximum atomic E-state index is 5.84. The molecule has 1 N–H and O–H groups in total. The van der Waals surface area contributed by atoms with Gasteiger partial charge < -0.3 is 14.8 Å². The molecule has 0 bridgehead atoms. The van der Waals surface area contributed by atoms with E-state index in [0.717, 1.165) is 23.1 Å². The Hall–Kier alpha value is -1.59. The number of methoxy groups -OCH3 is 1. The molecule has 0 unspecified atom stereocenters. The van der Waals surface area contributed by atoms with Crippen molar-refractivity contribution in [2.75, 3.05) is 7.11 Å². The minimum atomic E-state index is 0.0852. The van der Waals surface area contributed by atoms with Crippen LogP contribution in [0.4, 0.5) is 0 Å². The molecule has 0 saturated carbocycles. The summed E-state index contributed by atoms with van der Waals surface area (Å²) in [6.45, 7) is 7.70. The van der Waals surface area contributed by atoms with Gasteiger partial charge in [0.15, 0.2) is 11.5 Å². The fourth-order valence-corrected chi connectivity index (χ4v) is 2.30. The first-order valence-electron chi connectivity index (χ1n) is 6.91. The third-order valence-electron chi connectivity index (χ3n) is 2.89. The Labute approximate surface area is 130 Å². The summed E-state index contributed by atoms with van der Waals surface area (Å²) in [6.07, 6.45) is 1.78. The summed E-state index contributed by atoms with van der Waals surface area (Å²) in [4.78, 5) is 4.22. The summed E-state index contributed by atoms with van der Waals surface area (Å²) in [5, 5.41) is 6.36. The molecule has 0 atom stereocenters. The van der Waals surface area contributed by atoms with Crippen molar-refractivity contribution in [1.29, 1.82) is 0 Å². The van der Waals surface area contributed by atoms with Crippen LogP contribution in [0.1, 0.15) is 31.3 Å². The number of thiazole rings is 1. The lowest BCUT2D eigenvalue weighted by molar-refractivity contribution is 0.283. The fraction of sp³-hybridized carbons (Fsp3) is 0.438. The van der Waals surface area contributed by atoms with Crippen LogP contribution in [0.3, 0.4) is 0 Å². The summed E-state index contributed by atoms with van der Waals surface area (Å²) in [5.41, 5.74) is 1.25. The van der Waals surface area contributed by atoms with Gasteiger partial charge in [0.25, 0.3) is 0 Å². The number of nitrogens with one attached hydrogen (secondary N) is 1. The average Bonchev–Trinajstić information content (AvgIpc) is 2.95. The van der Waals surface area contributed by atoms with Crippen molar-refractivity contribution >= 4 is 11.3 Å². The van der Waals surface area contributed by atoms with E-state index >= 15 is 0 Å². The highest BCUT2D eigenvalue weighted by atomic mass is 32.1. The summed E-state index contributed by atoms with van der Waals surface area (Å²) in [6, 6.07) is 6.01. The maximum Gasteiger partial charge on any atom is 0.162 e. The predicted octanol–water partition coefficient (Wildman–Crippen LogP) is 3.62. The van der Waals surface area contributed by atoms with E-state index in [2.05, 4.69) is 31.1 Å². The Morgan fingerprint density at radius 3 is 2.67 bits per heavy atom. The zero-order valence-electron chi connectivity index (χ0n) is 13.0. The Kier molecular flexibility index (Phi) is 5.20. The van der Waals surface area contributed by atoms with Gasteiger partial charge in [0.05, 0.1) is 7.11 Å². The lowest BCUT2D eigenvalue weighted by atomic mass is 10.1. The van der Waals surface area contributed by atoms with Gasteiger partial charge in [-0.2, -0.15) is 0 Å². The first kappa shape index (κ1) is 15.8. The standard InChI is InChI=1S/C16H22N2O2S/c1-16(2,3)18-10-12-5-6-13(19-4)14(9-12)20-11-15-17-7-8-21-15/h5-9,18H,10-11H2,1-4H3.